The van der Waals surface area contributed by atoms with E-state index in [4.69, 9.17) is 4.74 Å². The quantitative estimate of drug-likeness (QED) is 0.420. The van der Waals surface area contributed by atoms with Crippen LogP contribution in [-0.4, -0.2) is 89.3 Å². The molecule has 4 aliphatic rings. The lowest BCUT2D eigenvalue weighted by Gasteiger charge is -2.35. The number of esters is 1. The number of nitrogens with zero attached hydrogens (tertiary/aromatic N) is 2. The highest BCUT2D eigenvalue weighted by atomic mass is 16.6. The van der Waals surface area contributed by atoms with E-state index >= 15 is 0 Å². The van der Waals surface area contributed by atoms with Gasteiger partial charge in [-0.05, 0) is 57.4 Å². The predicted octanol–water partition coefficient (Wildman–Crippen LogP) is 1.11. The Morgan fingerprint density at radius 2 is 1.85 bits per heavy atom. The van der Waals surface area contributed by atoms with Gasteiger partial charge in [0.15, 0.2) is 0 Å². The highest BCUT2D eigenvalue weighted by Gasteiger charge is 2.50. The fourth-order valence-corrected chi connectivity index (χ4v) is 6.75. The van der Waals surface area contributed by atoms with E-state index in [1.807, 2.05) is 13.0 Å². The predicted molar refractivity (Wildman–Crippen MR) is 149 cm³/mol. The smallest absolute Gasteiger partial charge is 0.329 e. The molecule has 0 radical (unpaired) electrons. The number of rotatable bonds is 7. The zero-order valence-corrected chi connectivity index (χ0v) is 24.1. The Morgan fingerprint density at radius 3 is 2.63 bits per heavy atom. The monoisotopic (exact) mass is 567 g/mol. The van der Waals surface area contributed by atoms with Crippen LogP contribution in [0.4, 0.5) is 0 Å². The highest BCUT2D eigenvalue weighted by molar-refractivity contribution is 5.98. The second-order valence-corrected chi connectivity index (χ2v) is 11.8. The molecule has 4 heterocycles. The molecule has 11 nitrogen and oxygen atoms in total. The van der Waals surface area contributed by atoms with Crippen molar-refractivity contribution >= 4 is 29.6 Å². The molecule has 4 aliphatic heterocycles. The Bertz CT molecular complexity index is 1210. The summed E-state index contributed by atoms with van der Waals surface area (Å²) in [6.07, 6.45) is 5.00. The first kappa shape index (κ1) is 29.0. The van der Waals surface area contributed by atoms with Gasteiger partial charge in [0.05, 0.1) is 6.04 Å². The minimum Gasteiger partial charge on any atom is -0.460 e. The van der Waals surface area contributed by atoms with E-state index in [-0.39, 0.29) is 54.2 Å². The van der Waals surface area contributed by atoms with Crippen LogP contribution in [0.3, 0.4) is 0 Å². The summed E-state index contributed by atoms with van der Waals surface area (Å²) in [7, 11) is 1.69. The molecule has 4 amide bonds. The number of hydrogen-bond donors (Lipinski definition) is 3. The summed E-state index contributed by atoms with van der Waals surface area (Å²) < 4.78 is 5.42. The molecule has 0 saturated carbocycles. The number of nitrogens with one attached hydrogen (secondary N) is 3. The van der Waals surface area contributed by atoms with Crippen molar-refractivity contribution in [2.75, 3.05) is 13.6 Å². The van der Waals surface area contributed by atoms with Crippen LogP contribution in [0.1, 0.15) is 74.7 Å². The second kappa shape index (κ2) is 12.2. The number of carbonyl (C=O) groups is 5. The molecule has 41 heavy (non-hydrogen) atoms. The Kier molecular flexibility index (Phi) is 8.63. The van der Waals surface area contributed by atoms with Gasteiger partial charge < -0.3 is 30.5 Å². The molecule has 0 aromatic heterocycles. The van der Waals surface area contributed by atoms with Gasteiger partial charge in [0.2, 0.25) is 17.7 Å². The normalized spacial score (nSPS) is 30.1. The molecular formula is C30H41N5O6. The Morgan fingerprint density at radius 1 is 1.07 bits per heavy atom. The van der Waals surface area contributed by atoms with Crippen LogP contribution in [0.15, 0.2) is 24.3 Å². The van der Waals surface area contributed by atoms with Crippen LogP contribution in [-0.2, 0) is 30.5 Å². The Labute approximate surface area is 240 Å². The van der Waals surface area contributed by atoms with Crippen molar-refractivity contribution in [3.63, 3.8) is 0 Å². The third-order valence-corrected chi connectivity index (χ3v) is 9.27. The number of likely N-dealkylation sites (N-methyl/N-ethyl adjacent to an activating group) is 1. The fourth-order valence-electron chi connectivity index (χ4n) is 6.75. The SMILES string of the molecule is CN[C@@H](C)C(=O)N[C@H]1CCCC[C@H]2CC[C@@H](C(=O)NCc3cccc(C(=O)N4CCC5OC(=O)C4[C@@H]5C)c3)N2C1=O. The van der Waals surface area contributed by atoms with E-state index in [0.717, 1.165) is 31.2 Å². The summed E-state index contributed by atoms with van der Waals surface area (Å²) in [4.78, 5) is 68.6. The maximum Gasteiger partial charge on any atom is 0.329 e. The van der Waals surface area contributed by atoms with Gasteiger partial charge >= 0.3 is 5.97 Å². The lowest BCUT2D eigenvalue weighted by molar-refractivity contribution is -0.144. The largest absolute Gasteiger partial charge is 0.460 e. The fraction of sp³-hybridized carbons (Fsp3) is 0.633. The molecule has 3 N–H and O–H groups in total. The van der Waals surface area contributed by atoms with E-state index in [9.17, 15) is 24.0 Å². The molecular weight excluding hydrogens is 526 g/mol. The van der Waals surface area contributed by atoms with Gasteiger partial charge in [0, 0.05) is 37.0 Å². The van der Waals surface area contributed by atoms with Crippen LogP contribution in [0.25, 0.3) is 0 Å². The van der Waals surface area contributed by atoms with Crippen molar-refractivity contribution in [3.8, 4) is 0 Å². The van der Waals surface area contributed by atoms with Crippen molar-refractivity contribution < 1.29 is 28.7 Å². The van der Waals surface area contributed by atoms with Gasteiger partial charge in [-0.25, -0.2) is 4.79 Å². The number of amides is 4. The van der Waals surface area contributed by atoms with Crippen molar-refractivity contribution in [1.29, 1.82) is 0 Å². The molecule has 4 fully saturated rings. The molecule has 222 valence electrons. The molecule has 0 aliphatic carbocycles. The molecule has 2 unspecified atom stereocenters. The molecule has 5 rings (SSSR count). The minimum absolute atomic E-state index is 0.0190. The zero-order chi connectivity index (χ0) is 29.3. The Hall–Kier alpha value is -3.47. The first-order valence-electron chi connectivity index (χ1n) is 14.9. The molecule has 1 aromatic carbocycles. The highest BCUT2D eigenvalue weighted by Crippen LogP contribution is 2.35. The number of carbonyl (C=O) groups excluding carboxylic acids is 5. The van der Waals surface area contributed by atoms with E-state index < -0.39 is 24.2 Å². The summed E-state index contributed by atoms with van der Waals surface area (Å²) in [5, 5.41) is 8.76. The van der Waals surface area contributed by atoms with Gasteiger partial charge in [0.25, 0.3) is 5.91 Å². The van der Waals surface area contributed by atoms with Gasteiger partial charge in [-0.1, -0.05) is 31.9 Å². The topological polar surface area (TPSA) is 137 Å². The number of hydrogen-bond acceptors (Lipinski definition) is 7. The average Bonchev–Trinajstić information content (AvgIpc) is 3.45. The number of benzene rings is 1. The number of likely N-dealkylation sites (tertiary alicyclic amines) is 1. The number of ether oxygens (including phenoxy) is 1. The maximum atomic E-state index is 13.6. The lowest BCUT2D eigenvalue weighted by atomic mass is 9.90. The summed E-state index contributed by atoms with van der Waals surface area (Å²) in [5.74, 6) is -1.28. The molecule has 1 aromatic rings. The van der Waals surface area contributed by atoms with Crippen LogP contribution < -0.4 is 16.0 Å². The van der Waals surface area contributed by atoms with Crippen LogP contribution in [0.2, 0.25) is 0 Å². The molecule has 4 saturated heterocycles. The van der Waals surface area contributed by atoms with Gasteiger partial charge in [-0.2, -0.15) is 0 Å². The Balaban J connectivity index is 1.23. The van der Waals surface area contributed by atoms with Gasteiger partial charge in [-0.3, -0.25) is 19.2 Å². The summed E-state index contributed by atoms with van der Waals surface area (Å²) in [6, 6.07) is 4.80. The van der Waals surface area contributed by atoms with Crippen molar-refractivity contribution in [2.45, 2.75) is 102 Å². The molecule has 0 spiro atoms. The van der Waals surface area contributed by atoms with Crippen molar-refractivity contribution in [2.24, 2.45) is 5.92 Å². The zero-order valence-electron chi connectivity index (χ0n) is 24.1. The van der Waals surface area contributed by atoms with Gasteiger partial charge in [-0.15, -0.1) is 0 Å². The van der Waals surface area contributed by atoms with E-state index in [1.54, 1.807) is 42.0 Å². The maximum absolute atomic E-state index is 13.6. The van der Waals surface area contributed by atoms with Gasteiger partial charge in [0.1, 0.15) is 24.2 Å². The number of piperidine rings is 1. The summed E-state index contributed by atoms with van der Waals surface area (Å²) >= 11 is 0. The third kappa shape index (κ3) is 5.82. The molecule has 7 atom stereocenters. The third-order valence-electron chi connectivity index (χ3n) is 9.27. The molecule has 2 bridgehead atoms. The van der Waals surface area contributed by atoms with Crippen LogP contribution in [0, 0.1) is 5.92 Å². The van der Waals surface area contributed by atoms with E-state index in [0.29, 0.717) is 31.4 Å². The standard InChI is InChI=1S/C30H41N5O6/c1-17-24-13-14-34(25(17)30(40)41-24)28(38)20-8-6-7-19(15-20)16-32-27(37)23-12-11-21-9-4-5-10-22(29(39)35(21)23)33-26(36)18(2)31-3/h6-8,15,17-18,21-25,31H,4-5,9-14,16H2,1-3H3,(H,32,37)(H,33,36)/t17-,18+,21+,22+,23+,24?,25?/m1/s1. The van der Waals surface area contributed by atoms with E-state index in [2.05, 4.69) is 16.0 Å². The second-order valence-electron chi connectivity index (χ2n) is 11.8. The van der Waals surface area contributed by atoms with Crippen molar-refractivity contribution in [3.05, 3.63) is 35.4 Å². The minimum atomic E-state index is -0.651. The molecule has 11 heteroatoms. The average molecular weight is 568 g/mol. The number of fused-ring (bicyclic) bond motifs is 3. The first-order valence-corrected chi connectivity index (χ1v) is 14.9. The first-order chi connectivity index (χ1) is 19.7. The van der Waals surface area contributed by atoms with Crippen molar-refractivity contribution in [1.82, 2.24) is 25.8 Å². The van der Waals surface area contributed by atoms with Crippen LogP contribution in [0.5, 0.6) is 0 Å². The van der Waals surface area contributed by atoms with Crippen LogP contribution >= 0.6 is 0 Å². The van der Waals surface area contributed by atoms with E-state index in [1.165, 1.54) is 0 Å². The lowest BCUT2D eigenvalue weighted by Crippen LogP contribution is -2.57. The summed E-state index contributed by atoms with van der Waals surface area (Å²) in [5.41, 5.74) is 1.21. The summed E-state index contributed by atoms with van der Waals surface area (Å²) in [6.45, 7) is 4.35.